The topological polar surface area (TPSA) is 32.3 Å². The van der Waals surface area contributed by atoms with Crippen molar-refractivity contribution in [1.29, 1.82) is 0 Å². The zero-order valence-electron chi connectivity index (χ0n) is 9.02. The standard InChI is InChI=1S/C10H23NO/c1-8(2)9(6-12)11-7-10(3,4)5/h8-9,11-12H,6-7H2,1-5H3/t9-/m1/s1. The van der Waals surface area contributed by atoms with Gasteiger partial charge in [0.1, 0.15) is 0 Å². The molecule has 0 rings (SSSR count). The first-order chi connectivity index (χ1) is 5.37. The summed E-state index contributed by atoms with van der Waals surface area (Å²) in [6.07, 6.45) is 0. The third-order valence-electron chi connectivity index (χ3n) is 1.90. The van der Waals surface area contributed by atoms with Crippen LogP contribution in [0.3, 0.4) is 0 Å². The molecule has 2 nitrogen and oxygen atoms in total. The van der Waals surface area contributed by atoms with Crippen molar-refractivity contribution < 1.29 is 5.11 Å². The Hall–Kier alpha value is -0.0800. The molecule has 1 atom stereocenters. The average Bonchev–Trinajstić information content (AvgIpc) is 1.85. The molecule has 0 fully saturated rings. The summed E-state index contributed by atoms with van der Waals surface area (Å²) in [7, 11) is 0. The van der Waals surface area contributed by atoms with Gasteiger partial charge in [0, 0.05) is 12.6 Å². The lowest BCUT2D eigenvalue weighted by atomic mass is 9.95. The molecule has 0 aliphatic rings. The quantitative estimate of drug-likeness (QED) is 0.677. The summed E-state index contributed by atoms with van der Waals surface area (Å²) in [5, 5.41) is 12.4. The first-order valence-electron chi connectivity index (χ1n) is 4.71. The summed E-state index contributed by atoms with van der Waals surface area (Å²) in [6.45, 7) is 12.0. The Morgan fingerprint density at radius 3 is 2.00 bits per heavy atom. The predicted octanol–water partition coefficient (Wildman–Crippen LogP) is 1.64. The Balaban J connectivity index is 3.73. The van der Waals surface area contributed by atoms with Crippen molar-refractivity contribution in [3.05, 3.63) is 0 Å². The fourth-order valence-electron chi connectivity index (χ4n) is 0.948. The second-order valence-electron chi connectivity index (χ2n) is 4.97. The van der Waals surface area contributed by atoms with Crippen LogP contribution in [-0.4, -0.2) is 24.3 Å². The minimum Gasteiger partial charge on any atom is -0.395 e. The molecular weight excluding hydrogens is 150 g/mol. The molecule has 0 aliphatic carbocycles. The Morgan fingerprint density at radius 1 is 1.25 bits per heavy atom. The van der Waals surface area contributed by atoms with Crippen LogP contribution in [-0.2, 0) is 0 Å². The van der Waals surface area contributed by atoms with Gasteiger partial charge in [-0.05, 0) is 11.3 Å². The van der Waals surface area contributed by atoms with E-state index in [9.17, 15) is 0 Å². The average molecular weight is 173 g/mol. The fraction of sp³-hybridized carbons (Fsp3) is 1.00. The van der Waals surface area contributed by atoms with E-state index in [1.165, 1.54) is 0 Å². The number of aliphatic hydroxyl groups is 1. The van der Waals surface area contributed by atoms with E-state index in [4.69, 9.17) is 5.11 Å². The van der Waals surface area contributed by atoms with Gasteiger partial charge in [-0.15, -0.1) is 0 Å². The monoisotopic (exact) mass is 173 g/mol. The van der Waals surface area contributed by atoms with Crippen LogP contribution in [0.15, 0.2) is 0 Å². The summed E-state index contributed by atoms with van der Waals surface area (Å²) in [5.41, 5.74) is 0.294. The van der Waals surface area contributed by atoms with Gasteiger partial charge >= 0.3 is 0 Å². The van der Waals surface area contributed by atoms with E-state index in [2.05, 4.69) is 39.9 Å². The number of aliphatic hydroxyl groups excluding tert-OH is 1. The number of hydrogen-bond donors (Lipinski definition) is 2. The Kier molecular flexibility index (Phi) is 4.80. The lowest BCUT2D eigenvalue weighted by Gasteiger charge is -2.25. The van der Waals surface area contributed by atoms with Crippen LogP contribution < -0.4 is 5.32 Å². The Bertz CT molecular complexity index is 115. The maximum absolute atomic E-state index is 9.03. The molecule has 0 radical (unpaired) electrons. The smallest absolute Gasteiger partial charge is 0.0587 e. The second kappa shape index (κ2) is 4.83. The normalized spacial score (nSPS) is 15.2. The van der Waals surface area contributed by atoms with Crippen molar-refractivity contribution in [3.63, 3.8) is 0 Å². The molecule has 0 heterocycles. The van der Waals surface area contributed by atoms with Crippen LogP contribution in [0.4, 0.5) is 0 Å². The summed E-state index contributed by atoms with van der Waals surface area (Å²) in [5.74, 6) is 0.498. The molecule has 0 spiro atoms. The third-order valence-corrected chi connectivity index (χ3v) is 1.90. The van der Waals surface area contributed by atoms with Crippen LogP contribution in [0, 0.1) is 11.3 Å². The maximum atomic E-state index is 9.03. The van der Waals surface area contributed by atoms with Crippen molar-refractivity contribution >= 4 is 0 Å². The van der Waals surface area contributed by atoms with Gasteiger partial charge in [0.05, 0.1) is 6.61 Å². The molecule has 0 aromatic heterocycles. The first-order valence-corrected chi connectivity index (χ1v) is 4.71. The van der Waals surface area contributed by atoms with E-state index in [1.807, 2.05) is 0 Å². The zero-order chi connectivity index (χ0) is 9.78. The largest absolute Gasteiger partial charge is 0.395 e. The molecular formula is C10H23NO. The minimum atomic E-state index is 0.230. The van der Waals surface area contributed by atoms with Crippen molar-refractivity contribution in [2.24, 2.45) is 11.3 Å². The van der Waals surface area contributed by atoms with Crippen LogP contribution in [0.5, 0.6) is 0 Å². The van der Waals surface area contributed by atoms with E-state index in [1.54, 1.807) is 0 Å². The summed E-state index contributed by atoms with van der Waals surface area (Å²) in [4.78, 5) is 0. The molecule has 0 aliphatic heterocycles. The number of rotatable bonds is 4. The molecule has 0 saturated heterocycles. The fourth-order valence-corrected chi connectivity index (χ4v) is 0.948. The number of hydrogen-bond acceptors (Lipinski definition) is 2. The highest BCUT2D eigenvalue weighted by Crippen LogP contribution is 2.12. The van der Waals surface area contributed by atoms with Crippen LogP contribution in [0.1, 0.15) is 34.6 Å². The number of nitrogens with one attached hydrogen (secondary N) is 1. The van der Waals surface area contributed by atoms with Crippen LogP contribution >= 0.6 is 0 Å². The van der Waals surface area contributed by atoms with E-state index < -0.39 is 0 Å². The second-order valence-corrected chi connectivity index (χ2v) is 4.97. The molecule has 0 bridgehead atoms. The van der Waals surface area contributed by atoms with Crippen LogP contribution in [0.25, 0.3) is 0 Å². The summed E-state index contributed by atoms with van der Waals surface area (Å²) >= 11 is 0. The van der Waals surface area contributed by atoms with Gasteiger partial charge in [-0.2, -0.15) is 0 Å². The van der Waals surface area contributed by atoms with E-state index in [-0.39, 0.29) is 12.6 Å². The first kappa shape index (κ1) is 11.9. The van der Waals surface area contributed by atoms with Gasteiger partial charge in [0.2, 0.25) is 0 Å². The molecule has 0 aromatic carbocycles. The maximum Gasteiger partial charge on any atom is 0.0587 e. The van der Waals surface area contributed by atoms with Gasteiger partial charge in [-0.1, -0.05) is 34.6 Å². The van der Waals surface area contributed by atoms with Crippen molar-refractivity contribution in [2.75, 3.05) is 13.2 Å². The highest BCUT2D eigenvalue weighted by atomic mass is 16.3. The van der Waals surface area contributed by atoms with Crippen molar-refractivity contribution in [2.45, 2.75) is 40.7 Å². The highest BCUT2D eigenvalue weighted by Gasteiger charge is 2.15. The lowest BCUT2D eigenvalue weighted by molar-refractivity contribution is 0.197. The molecule has 2 heteroatoms. The SMILES string of the molecule is CC(C)[C@@H](CO)NCC(C)(C)C. The Morgan fingerprint density at radius 2 is 1.75 bits per heavy atom. The summed E-state index contributed by atoms with van der Waals surface area (Å²) in [6, 6.07) is 0.240. The molecule has 0 amide bonds. The van der Waals surface area contributed by atoms with E-state index >= 15 is 0 Å². The molecule has 2 N–H and O–H groups in total. The molecule has 0 saturated carbocycles. The molecule has 0 unspecified atom stereocenters. The van der Waals surface area contributed by atoms with Gasteiger partial charge < -0.3 is 10.4 Å². The van der Waals surface area contributed by atoms with Crippen molar-refractivity contribution in [3.8, 4) is 0 Å². The van der Waals surface area contributed by atoms with Crippen molar-refractivity contribution in [1.82, 2.24) is 5.32 Å². The van der Waals surface area contributed by atoms with Gasteiger partial charge in [-0.3, -0.25) is 0 Å². The third kappa shape index (κ3) is 5.56. The Labute approximate surface area is 76.4 Å². The molecule has 12 heavy (non-hydrogen) atoms. The molecule has 0 aromatic rings. The molecule has 74 valence electrons. The van der Waals surface area contributed by atoms with Gasteiger partial charge in [0.25, 0.3) is 0 Å². The zero-order valence-corrected chi connectivity index (χ0v) is 9.02. The highest BCUT2D eigenvalue weighted by molar-refractivity contribution is 4.73. The van der Waals surface area contributed by atoms with Gasteiger partial charge in [0.15, 0.2) is 0 Å². The van der Waals surface area contributed by atoms with Gasteiger partial charge in [-0.25, -0.2) is 0 Å². The summed E-state index contributed by atoms with van der Waals surface area (Å²) < 4.78 is 0. The van der Waals surface area contributed by atoms with E-state index in [0.29, 0.717) is 11.3 Å². The lowest BCUT2D eigenvalue weighted by Crippen LogP contribution is -2.41. The van der Waals surface area contributed by atoms with E-state index in [0.717, 1.165) is 6.54 Å². The van der Waals surface area contributed by atoms with Crippen LogP contribution in [0.2, 0.25) is 0 Å². The minimum absolute atomic E-state index is 0.230. The predicted molar refractivity (Wildman–Crippen MR) is 53.2 cm³/mol.